The van der Waals surface area contributed by atoms with Crippen LogP contribution in [0, 0.1) is 0 Å². The average Bonchev–Trinajstić information content (AvgIpc) is 2.64. The summed E-state index contributed by atoms with van der Waals surface area (Å²) in [6.07, 6.45) is 15.9. The zero-order valence-electron chi connectivity index (χ0n) is 17.0. The van der Waals surface area contributed by atoms with Crippen LogP contribution in [0.15, 0.2) is 29.2 Å². The topological polar surface area (TPSA) is 66.4 Å². The molecule has 0 aromatic heterocycles. The lowest BCUT2D eigenvalue weighted by Crippen LogP contribution is -1.98. The standard InChI is InChI=1S/C22H38O4S/c1-2-3-4-5-9-12-19-26-20-13-10-7-6-8-11-14-21-15-17-22(18-16-21)27(23,24)25/h15-18H,2-14,19-20H2,1H3,(H,23,24,25)/p-1. The van der Waals surface area contributed by atoms with Crippen LogP contribution < -0.4 is 0 Å². The number of aryl methyl sites for hydroxylation is 1. The first-order valence-electron chi connectivity index (χ1n) is 10.7. The van der Waals surface area contributed by atoms with Crippen LogP contribution in [0.5, 0.6) is 0 Å². The quantitative estimate of drug-likeness (QED) is 0.244. The minimum atomic E-state index is -4.33. The highest BCUT2D eigenvalue weighted by molar-refractivity contribution is 7.85. The van der Waals surface area contributed by atoms with Crippen molar-refractivity contribution in [3.05, 3.63) is 29.8 Å². The van der Waals surface area contributed by atoms with E-state index in [1.165, 1.54) is 76.3 Å². The molecule has 5 heteroatoms. The summed E-state index contributed by atoms with van der Waals surface area (Å²) in [5.74, 6) is 0. The lowest BCUT2D eigenvalue weighted by molar-refractivity contribution is 0.125. The lowest BCUT2D eigenvalue weighted by Gasteiger charge is -2.08. The van der Waals surface area contributed by atoms with E-state index in [9.17, 15) is 13.0 Å². The first-order chi connectivity index (χ1) is 13.0. The van der Waals surface area contributed by atoms with E-state index in [2.05, 4.69) is 6.92 Å². The van der Waals surface area contributed by atoms with Crippen molar-refractivity contribution in [2.24, 2.45) is 0 Å². The Balaban J connectivity index is 1.88. The maximum atomic E-state index is 10.9. The van der Waals surface area contributed by atoms with Crippen molar-refractivity contribution in [2.45, 2.75) is 95.3 Å². The van der Waals surface area contributed by atoms with Gasteiger partial charge in [0.1, 0.15) is 10.1 Å². The highest BCUT2D eigenvalue weighted by Gasteiger charge is 2.01. The SMILES string of the molecule is CCCCCCCCOCCCCCCCCc1ccc(S(=O)(=O)[O-])cc1. The second-order valence-corrected chi connectivity index (χ2v) is 8.73. The molecule has 4 nitrogen and oxygen atoms in total. The van der Waals surface area contributed by atoms with E-state index in [4.69, 9.17) is 4.74 Å². The van der Waals surface area contributed by atoms with Crippen LogP contribution in [-0.2, 0) is 21.3 Å². The van der Waals surface area contributed by atoms with E-state index in [0.717, 1.165) is 38.0 Å². The van der Waals surface area contributed by atoms with Crippen LogP contribution in [0.25, 0.3) is 0 Å². The highest BCUT2D eigenvalue weighted by atomic mass is 32.2. The van der Waals surface area contributed by atoms with E-state index >= 15 is 0 Å². The van der Waals surface area contributed by atoms with Crippen LogP contribution in [0.4, 0.5) is 0 Å². The molecule has 0 unspecified atom stereocenters. The molecule has 1 aromatic carbocycles. The summed E-state index contributed by atoms with van der Waals surface area (Å²) in [5, 5.41) is 0. The van der Waals surface area contributed by atoms with Gasteiger partial charge in [0.25, 0.3) is 0 Å². The molecule has 0 bridgehead atoms. The van der Waals surface area contributed by atoms with Gasteiger partial charge in [0.05, 0.1) is 4.90 Å². The van der Waals surface area contributed by atoms with Crippen molar-refractivity contribution in [3.8, 4) is 0 Å². The van der Waals surface area contributed by atoms with Crippen molar-refractivity contribution in [3.63, 3.8) is 0 Å². The Labute approximate surface area is 166 Å². The lowest BCUT2D eigenvalue weighted by atomic mass is 10.1. The molecule has 1 aromatic rings. The highest BCUT2D eigenvalue weighted by Crippen LogP contribution is 2.13. The van der Waals surface area contributed by atoms with Gasteiger partial charge in [-0.15, -0.1) is 0 Å². The molecule has 0 aliphatic rings. The maximum Gasteiger partial charge on any atom is 0.124 e. The number of benzene rings is 1. The van der Waals surface area contributed by atoms with Crippen LogP contribution in [0.1, 0.15) is 89.5 Å². The van der Waals surface area contributed by atoms with Gasteiger partial charge >= 0.3 is 0 Å². The fourth-order valence-corrected chi connectivity index (χ4v) is 3.62. The largest absolute Gasteiger partial charge is 0.744 e. The Morgan fingerprint density at radius 3 is 1.74 bits per heavy atom. The zero-order chi connectivity index (χ0) is 19.8. The van der Waals surface area contributed by atoms with Gasteiger partial charge in [-0.1, -0.05) is 76.8 Å². The normalized spacial score (nSPS) is 11.8. The molecule has 0 radical (unpaired) electrons. The third-order valence-corrected chi connectivity index (χ3v) is 5.71. The first kappa shape index (κ1) is 24.1. The third kappa shape index (κ3) is 13.0. The summed E-state index contributed by atoms with van der Waals surface area (Å²) in [5.41, 5.74) is 1.09. The van der Waals surface area contributed by atoms with Crippen LogP contribution in [-0.4, -0.2) is 26.2 Å². The molecule has 0 heterocycles. The van der Waals surface area contributed by atoms with Crippen molar-refractivity contribution >= 4 is 10.1 Å². The molecular weight excluding hydrogens is 360 g/mol. The maximum absolute atomic E-state index is 10.9. The molecule has 27 heavy (non-hydrogen) atoms. The summed E-state index contributed by atoms with van der Waals surface area (Å²) >= 11 is 0. The molecule has 1 rings (SSSR count). The Morgan fingerprint density at radius 1 is 0.741 bits per heavy atom. The predicted octanol–water partition coefficient (Wildman–Crippen LogP) is 5.85. The summed E-state index contributed by atoms with van der Waals surface area (Å²) < 4.78 is 38.4. The molecule has 0 aliphatic carbocycles. The average molecular weight is 398 g/mol. The van der Waals surface area contributed by atoms with Gasteiger partial charge < -0.3 is 9.29 Å². The molecule has 0 fully saturated rings. The van der Waals surface area contributed by atoms with Gasteiger partial charge in [0.2, 0.25) is 0 Å². The second kappa shape index (κ2) is 15.1. The van der Waals surface area contributed by atoms with Gasteiger partial charge in [0.15, 0.2) is 0 Å². The molecule has 156 valence electrons. The van der Waals surface area contributed by atoms with Gasteiger partial charge in [-0.2, -0.15) is 0 Å². The first-order valence-corrected chi connectivity index (χ1v) is 12.1. The minimum Gasteiger partial charge on any atom is -0.744 e. The molecule has 0 aliphatic heterocycles. The number of hydrogen-bond donors (Lipinski definition) is 0. The zero-order valence-corrected chi connectivity index (χ0v) is 17.8. The van der Waals surface area contributed by atoms with Gasteiger partial charge in [0, 0.05) is 13.2 Å². The van der Waals surface area contributed by atoms with Crippen LogP contribution in [0.3, 0.4) is 0 Å². The predicted molar refractivity (Wildman–Crippen MR) is 110 cm³/mol. The smallest absolute Gasteiger partial charge is 0.124 e. The molecule has 0 atom stereocenters. The van der Waals surface area contributed by atoms with Gasteiger partial charge in [-0.25, -0.2) is 8.42 Å². The fourth-order valence-electron chi connectivity index (χ4n) is 3.15. The Morgan fingerprint density at radius 2 is 1.22 bits per heavy atom. The Kier molecular flexibility index (Phi) is 13.5. The number of unbranched alkanes of at least 4 members (excludes halogenated alkanes) is 10. The minimum absolute atomic E-state index is 0.148. The summed E-state index contributed by atoms with van der Waals surface area (Å²) in [6.45, 7) is 4.05. The molecule has 0 saturated carbocycles. The number of rotatable bonds is 17. The summed E-state index contributed by atoms with van der Waals surface area (Å²) in [6, 6.07) is 6.30. The Bertz CT molecular complexity index is 566. The van der Waals surface area contributed by atoms with Gasteiger partial charge in [-0.3, -0.25) is 0 Å². The monoisotopic (exact) mass is 397 g/mol. The molecule has 0 saturated heterocycles. The van der Waals surface area contributed by atoms with Crippen LogP contribution in [0.2, 0.25) is 0 Å². The van der Waals surface area contributed by atoms with Crippen LogP contribution >= 0.6 is 0 Å². The summed E-state index contributed by atoms with van der Waals surface area (Å²) in [4.78, 5) is -0.148. The van der Waals surface area contributed by atoms with E-state index in [1.54, 1.807) is 12.1 Å². The Hall–Kier alpha value is -0.910. The van der Waals surface area contributed by atoms with E-state index in [-0.39, 0.29) is 4.90 Å². The molecule has 0 amide bonds. The number of ether oxygens (including phenoxy) is 1. The number of hydrogen-bond acceptors (Lipinski definition) is 4. The molecule has 0 spiro atoms. The van der Waals surface area contributed by atoms with Gasteiger partial charge in [-0.05, 0) is 43.4 Å². The molecular formula is C22H37O4S-. The fraction of sp³-hybridized carbons (Fsp3) is 0.727. The summed E-state index contributed by atoms with van der Waals surface area (Å²) in [7, 11) is -4.33. The second-order valence-electron chi connectivity index (χ2n) is 7.35. The van der Waals surface area contributed by atoms with Crippen molar-refractivity contribution < 1.29 is 17.7 Å². The van der Waals surface area contributed by atoms with Crippen molar-refractivity contribution in [1.29, 1.82) is 0 Å². The third-order valence-electron chi connectivity index (χ3n) is 4.86. The van der Waals surface area contributed by atoms with Crippen molar-refractivity contribution in [1.82, 2.24) is 0 Å². The van der Waals surface area contributed by atoms with E-state index in [1.807, 2.05) is 0 Å². The molecule has 0 N–H and O–H groups in total. The van der Waals surface area contributed by atoms with E-state index in [0.29, 0.717) is 0 Å². The van der Waals surface area contributed by atoms with Crippen molar-refractivity contribution in [2.75, 3.05) is 13.2 Å². The van der Waals surface area contributed by atoms with E-state index < -0.39 is 10.1 Å².